The molecule has 5 heteroatoms. The molecule has 1 heterocycles. The molecule has 4 rings (SSSR count). The van der Waals surface area contributed by atoms with Crippen molar-refractivity contribution in [2.45, 2.75) is 25.4 Å². The number of primary amides is 1. The molecule has 3 N–H and O–H groups in total. The second-order valence-corrected chi connectivity index (χ2v) is 8.03. The van der Waals surface area contributed by atoms with Crippen molar-refractivity contribution in [3.05, 3.63) is 95.6 Å². The van der Waals surface area contributed by atoms with Gasteiger partial charge in [-0.15, -0.1) is 0 Å². The third-order valence-corrected chi connectivity index (χ3v) is 5.80. The number of carbonyl (C=O) groups is 2. The van der Waals surface area contributed by atoms with Crippen molar-refractivity contribution in [2.24, 2.45) is 5.73 Å². The first-order valence-electron chi connectivity index (χ1n) is 10.7. The maximum atomic E-state index is 12.8. The minimum absolute atomic E-state index is 0.0443. The number of hydrogen-bond acceptors (Lipinski definition) is 3. The van der Waals surface area contributed by atoms with Crippen molar-refractivity contribution in [3.8, 4) is 11.1 Å². The molecule has 158 valence electrons. The average molecular weight is 414 g/mol. The Balaban J connectivity index is 1.34. The molecule has 1 aliphatic rings. The van der Waals surface area contributed by atoms with E-state index < -0.39 is 5.91 Å². The molecular formula is C26H27N3O2. The third kappa shape index (κ3) is 5.38. The first kappa shape index (κ1) is 20.8. The van der Waals surface area contributed by atoms with Gasteiger partial charge in [-0.1, -0.05) is 54.6 Å². The molecule has 5 nitrogen and oxygen atoms in total. The standard InChI is InChI=1S/C26H27N3O2/c27-25(30)21-11-9-20(10-12-21)22-7-4-8-23(17-22)26(31)28-24-13-15-29(16-14-24)18-19-5-2-1-3-6-19/h1-12,17,24H,13-16,18H2,(H2,27,30)(H,28,31). The fraction of sp³-hybridized carbons (Fsp3) is 0.231. The number of carbonyl (C=O) groups excluding carboxylic acids is 2. The van der Waals surface area contributed by atoms with Crippen LogP contribution in [-0.4, -0.2) is 35.8 Å². The minimum Gasteiger partial charge on any atom is -0.366 e. The van der Waals surface area contributed by atoms with Crippen molar-refractivity contribution in [1.82, 2.24) is 10.2 Å². The summed E-state index contributed by atoms with van der Waals surface area (Å²) in [5.41, 5.74) is 9.61. The lowest BCUT2D eigenvalue weighted by Gasteiger charge is -2.32. The predicted octanol–water partition coefficient (Wildman–Crippen LogP) is 3.85. The smallest absolute Gasteiger partial charge is 0.251 e. The lowest BCUT2D eigenvalue weighted by molar-refractivity contribution is 0.0908. The Hall–Kier alpha value is -3.44. The second-order valence-electron chi connectivity index (χ2n) is 8.03. The third-order valence-electron chi connectivity index (χ3n) is 5.80. The van der Waals surface area contributed by atoms with Gasteiger partial charge in [-0.05, 0) is 53.8 Å². The summed E-state index contributed by atoms with van der Waals surface area (Å²) in [5.74, 6) is -0.494. The van der Waals surface area contributed by atoms with Crippen LogP contribution >= 0.6 is 0 Å². The highest BCUT2D eigenvalue weighted by Crippen LogP contribution is 2.22. The van der Waals surface area contributed by atoms with E-state index in [1.54, 1.807) is 12.1 Å². The first-order valence-corrected chi connectivity index (χ1v) is 10.7. The van der Waals surface area contributed by atoms with E-state index in [1.165, 1.54) is 5.56 Å². The van der Waals surface area contributed by atoms with Crippen LogP contribution in [0.5, 0.6) is 0 Å². The number of hydrogen-bond donors (Lipinski definition) is 2. The van der Waals surface area contributed by atoms with E-state index in [0.29, 0.717) is 11.1 Å². The van der Waals surface area contributed by atoms with Gasteiger partial charge in [-0.2, -0.15) is 0 Å². The largest absolute Gasteiger partial charge is 0.366 e. The molecule has 0 atom stereocenters. The van der Waals surface area contributed by atoms with Gasteiger partial charge < -0.3 is 11.1 Å². The quantitative estimate of drug-likeness (QED) is 0.645. The van der Waals surface area contributed by atoms with Crippen molar-refractivity contribution >= 4 is 11.8 Å². The predicted molar refractivity (Wildman–Crippen MR) is 123 cm³/mol. The summed E-state index contributed by atoms with van der Waals surface area (Å²) in [4.78, 5) is 26.5. The zero-order valence-corrected chi connectivity index (χ0v) is 17.5. The Morgan fingerprint density at radius 1 is 0.839 bits per heavy atom. The Labute approximate surface area is 182 Å². The van der Waals surface area contributed by atoms with Crippen LogP contribution in [0.15, 0.2) is 78.9 Å². The van der Waals surface area contributed by atoms with Crippen molar-refractivity contribution in [2.75, 3.05) is 13.1 Å². The second kappa shape index (κ2) is 9.58. The molecule has 31 heavy (non-hydrogen) atoms. The number of nitrogens with zero attached hydrogens (tertiary/aromatic N) is 1. The van der Waals surface area contributed by atoms with Gasteiger partial charge in [0.25, 0.3) is 5.91 Å². The molecular weight excluding hydrogens is 386 g/mol. The van der Waals surface area contributed by atoms with Crippen LogP contribution < -0.4 is 11.1 Å². The van der Waals surface area contributed by atoms with Gasteiger partial charge in [-0.25, -0.2) is 0 Å². The molecule has 0 spiro atoms. The Kier molecular flexibility index (Phi) is 6.43. The zero-order chi connectivity index (χ0) is 21.6. The molecule has 0 aliphatic carbocycles. The molecule has 1 aliphatic heterocycles. The Bertz CT molecular complexity index is 1040. The fourth-order valence-electron chi connectivity index (χ4n) is 4.01. The summed E-state index contributed by atoms with van der Waals surface area (Å²) in [7, 11) is 0. The summed E-state index contributed by atoms with van der Waals surface area (Å²) < 4.78 is 0. The van der Waals surface area contributed by atoms with E-state index in [0.717, 1.165) is 43.6 Å². The number of rotatable bonds is 6. The van der Waals surface area contributed by atoms with E-state index in [4.69, 9.17) is 5.73 Å². The van der Waals surface area contributed by atoms with Crippen molar-refractivity contribution < 1.29 is 9.59 Å². The number of benzene rings is 3. The van der Waals surface area contributed by atoms with Gasteiger partial charge in [0, 0.05) is 36.8 Å². The zero-order valence-electron chi connectivity index (χ0n) is 17.5. The molecule has 3 aromatic rings. The van der Waals surface area contributed by atoms with E-state index in [2.05, 4.69) is 34.5 Å². The molecule has 1 saturated heterocycles. The minimum atomic E-state index is -0.450. The number of piperidine rings is 1. The number of nitrogens with one attached hydrogen (secondary N) is 1. The Morgan fingerprint density at radius 2 is 1.55 bits per heavy atom. The van der Waals surface area contributed by atoms with Gasteiger partial charge in [0.2, 0.25) is 5.91 Å². The molecule has 1 fully saturated rings. The molecule has 3 aromatic carbocycles. The maximum Gasteiger partial charge on any atom is 0.251 e. The van der Waals surface area contributed by atoms with E-state index in [9.17, 15) is 9.59 Å². The van der Waals surface area contributed by atoms with Crippen LogP contribution in [0.25, 0.3) is 11.1 Å². The van der Waals surface area contributed by atoms with Crippen LogP contribution in [-0.2, 0) is 6.54 Å². The average Bonchev–Trinajstić information content (AvgIpc) is 2.81. The molecule has 0 unspecified atom stereocenters. The van der Waals surface area contributed by atoms with Gasteiger partial charge >= 0.3 is 0 Å². The highest BCUT2D eigenvalue weighted by atomic mass is 16.2. The van der Waals surface area contributed by atoms with Crippen LogP contribution in [0.3, 0.4) is 0 Å². The normalized spacial score (nSPS) is 14.8. The van der Waals surface area contributed by atoms with E-state index >= 15 is 0 Å². The van der Waals surface area contributed by atoms with Crippen molar-refractivity contribution in [3.63, 3.8) is 0 Å². The van der Waals surface area contributed by atoms with Crippen molar-refractivity contribution in [1.29, 1.82) is 0 Å². The summed E-state index contributed by atoms with van der Waals surface area (Å²) in [6.07, 6.45) is 1.90. The summed E-state index contributed by atoms with van der Waals surface area (Å²) in [6, 6.07) is 25.3. The van der Waals surface area contributed by atoms with E-state index in [-0.39, 0.29) is 11.9 Å². The number of nitrogens with two attached hydrogens (primary N) is 1. The summed E-state index contributed by atoms with van der Waals surface area (Å²) in [6.45, 7) is 2.91. The molecule has 2 amide bonds. The van der Waals surface area contributed by atoms with E-state index in [1.807, 2.05) is 42.5 Å². The van der Waals surface area contributed by atoms with Crippen LogP contribution in [0.2, 0.25) is 0 Å². The van der Waals surface area contributed by atoms with Crippen LogP contribution in [0.4, 0.5) is 0 Å². The van der Waals surface area contributed by atoms with Gasteiger partial charge in [0.05, 0.1) is 0 Å². The maximum absolute atomic E-state index is 12.8. The molecule has 0 aromatic heterocycles. The SMILES string of the molecule is NC(=O)c1ccc(-c2cccc(C(=O)NC3CCN(Cc4ccccc4)CC3)c2)cc1. The monoisotopic (exact) mass is 413 g/mol. The van der Waals surface area contributed by atoms with Crippen LogP contribution in [0.1, 0.15) is 39.1 Å². The number of likely N-dealkylation sites (tertiary alicyclic amines) is 1. The molecule has 0 saturated carbocycles. The summed E-state index contributed by atoms with van der Waals surface area (Å²) >= 11 is 0. The van der Waals surface area contributed by atoms with Gasteiger partial charge in [-0.3, -0.25) is 14.5 Å². The highest BCUT2D eigenvalue weighted by molar-refractivity contribution is 5.96. The molecule has 0 bridgehead atoms. The lowest BCUT2D eigenvalue weighted by Crippen LogP contribution is -2.44. The van der Waals surface area contributed by atoms with Gasteiger partial charge in [0.15, 0.2) is 0 Å². The topological polar surface area (TPSA) is 75.4 Å². The molecule has 0 radical (unpaired) electrons. The fourth-order valence-corrected chi connectivity index (χ4v) is 4.01. The number of amides is 2. The highest BCUT2D eigenvalue weighted by Gasteiger charge is 2.21. The lowest BCUT2D eigenvalue weighted by atomic mass is 10.0. The summed E-state index contributed by atoms with van der Waals surface area (Å²) in [5, 5.41) is 3.20. The first-order chi connectivity index (χ1) is 15.1. The van der Waals surface area contributed by atoms with Crippen LogP contribution in [0, 0.1) is 0 Å². The van der Waals surface area contributed by atoms with Gasteiger partial charge in [0.1, 0.15) is 0 Å². The Morgan fingerprint density at radius 3 is 2.23 bits per heavy atom.